The monoisotopic (exact) mass is 282 g/mol. The predicted octanol–water partition coefficient (Wildman–Crippen LogP) is 2.54. The molecule has 5 heteroatoms. The summed E-state index contributed by atoms with van der Waals surface area (Å²) in [5, 5.41) is 3.16. The van der Waals surface area contributed by atoms with Crippen LogP contribution in [0.1, 0.15) is 26.7 Å². The van der Waals surface area contributed by atoms with Crippen molar-refractivity contribution in [2.45, 2.75) is 31.6 Å². The van der Waals surface area contributed by atoms with Crippen LogP contribution in [0.5, 0.6) is 0 Å². The summed E-state index contributed by atoms with van der Waals surface area (Å²) in [5.74, 6) is 0.510. The summed E-state index contributed by atoms with van der Waals surface area (Å²) in [6.07, 6.45) is 2.02. The number of nitrogens with one attached hydrogen (secondary N) is 1. The third-order valence-corrected chi connectivity index (χ3v) is 5.58. The highest BCUT2D eigenvalue weighted by Gasteiger charge is 2.31. The van der Waals surface area contributed by atoms with E-state index in [-0.39, 0.29) is 0 Å². The lowest BCUT2D eigenvalue weighted by Gasteiger charge is -2.16. The molecule has 1 atom stereocenters. The zero-order valence-corrected chi connectivity index (χ0v) is 12.4. The van der Waals surface area contributed by atoms with Crippen molar-refractivity contribution in [3.63, 3.8) is 0 Å². The number of hydrogen-bond acceptors (Lipinski definition) is 3. The predicted molar refractivity (Wildman–Crippen MR) is 77.8 cm³/mol. The Kier molecular flexibility index (Phi) is 4.47. The molecule has 1 heterocycles. The van der Waals surface area contributed by atoms with Crippen molar-refractivity contribution in [2.75, 3.05) is 25.0 Å². The minimum atomic E-state index is -3.31. The van der Waals surface area contributed by atoms with Gasteiger partial charge in [0.15, 0.2) is 0 Å². The fourth-order valence-corrected chi connectivity index (χ4v) is 3.98. The smallest absolute Gasteiger partial charge is 0.243 e. The van der Waals surface area contributed by atoms with Crippen molar-refractivity contribution in [2.24, 2.45) is 5.92 Å². The van der Waals surface area contributed by atoms with Crippen LogP contribution in [0.4, 0.5) is 5.69 Å². The molecule has 19 heavy (non-hydrogen) atoms. The minimum absolute atomic E-state index is 0.394. The molecule has 4 nitrogen and oxygen atoms in total. The summed E-state index contributed by atoms with van der Waals surface area (Å²) in [6, 6.07) is 7.02. The number of rotatable bonds is 5. The highest BCUT2D eigenvalue weighted by Crippen LogP contribution is 2.26. The summed E-state index contributed by atoms with van der Waals surface area (Å²) >= 11 is 0. The molecule has 0 bridgehead atoms. The van der Waals surface area contributed by atoms with Crippen LogP contribution in [0.15, 0.2) is 29.2 Å². The molecule has 0 aromatic heterocycles. The molecule has 0 saturated carbocycles. The highest BCUT2D eigenvalue weighted by molar-refractivity contribution is 7.89. The van der Waals surface area contributed by atoms with Crippen LogP contribution in [-0.4, -0.2) is 32.4 Å². The second kappa shape index (κ2) is 5.92. The Morgan fingerprint density at radius 3 is 2.47 bits per heavy atom. The molecule has 1 aliphatic heterocycles. The molecule has 0 amide bonds. The molecule has 1 aromatic carbocycles. The fourth-order valence-electron chi connectivity index (χ4n) is 2.45. The molecule has 106 valence electrons. The van der Waals surface area contributed by atoms with E-state index in [1.54, 1.807) is 16.4 Å². The van der Waals surface area contributed by atoms with Crippen LogP contribution < -0.4 is 5.32 Å². The Balaban J connectivity index is 2.15. The van der Waals surface area contributed by atoms with Crippen LogP contribution in [0, 0.1) is 5.92 Å². The van der Waals surface area contributed by atoms with Crippen molar-refractivity contribution in [1.82, 2.24) is 4.31 Å². The van der Waals surface area contributed by atoms with Gasteiger partial charge >= 0.3 is 0 Å². The zero-order chi connectivity index (χ0) is 13.9. The summed E-state index contributed by atoms with van der Waals surface area (Å²) in [7, 11) is -3.31. The maximum Gasteiger partial charge on any atom is 0.243 e. The van der Waals surface area contributed by atoms with E-state index in [9.17, 15) is 8.42 Å². The lowest BCUT2D eigenvalue weighted by molar-refractivity contribution is 0.453. The Hall–Kier alpha value is -1.07. The summed E-state index contributed by atoms with van der Waals surface area (Å²) in [5.41, 5.74) is 0.953. The van der Waals surface area contributed by atoms with Gasteiger partial charge in [-0.15, -0.1) is 0 Å². The Morgan fingerprint density at radius 2 is 1.95 bits per heavy atom. The fraction of sp³-hybridized carbons (Fsp3) is 0.571. The van der Waals surface area contributed by atoms with E-state index in [0.29, 0.717) is 23.9 Å². The van der Waals surface area contributed by atoms with E-state index in [2.05, 4.69) is 12.2 Å². The van der Waals surface area contributed by atoms with Gasteiger partial charge in [0.05, 0.1) is 4.90 Å². The van der Waals surface area contributed by atoms with Gasteiger partial charge in [-0.2, -0.15) is 4.31 Å². The number of nitrogens with zero attached hydrogens (tertiary/aromatic N) is 1. The summed E-state index contributed by atoms with van der Waals surface area (Å²) in [4.78, 5) is 0.394. The number of anilines is 1. The van der Waals surface area contributed by atoms with Gasteiger partial charge in [0, 0.05) is 25.3 Å². The molecule has 1 N–H and O–H groups in total. The van der Waals surface area contributed by atoms with Gasteiger partial charge in [-0.25, -0.2) is 8.42 Å². The van der Waals surface area contributed by atoms with Crippen LogP contribution in [0.2, 0.25) is 0 Å². The van der Waals surface area contributed by atoms with Crippen LogP contribution >= 0.6 is 0 Å². The molecule has 1 aromatic rings. The van der Waals surface area contributed by atoms with Gasteiger partial charge in [0.1, 0.15) is 0 Å². The topological polar surface area (TPSA) is 49.4 Å². The standard InChI is InChI=1S/C14H22N2O2S/c1-3-12-9-10-16(11-12)19(17,18)14-7-5-13(6-8-14)15-4-2/h5-8,12,15H,3-4,9-11H2,1-2H3. The first-order valence-corrected chi connectivity index (χ1v) is 8.36. The Morgan fingerprint density at radius 1 is 1.26 bits per heavy atom. The minimum Gasteiger partial charge on any atom is -0.385 e. The van der Waals surface area contributed by atoms with E-state index < -0.39 is 10.0 Å². The molecular weight excluding hydrogens is 260 g/mol. The highest BCUT2D eigenvalue weighted by atomic mass is 32.2. The summed E-state index contributed by atoms with van der Waals surface area (Å²) < 4.78 is 26.6. The van der Waals surface area contributed by atoms with Gasteiger partial charge in [-0.05, 0) is 43.5 Å². The lowest BCUT2D eigenvalue weighted by Crippen LogP contribution is -2.28. The lowest BCUT2D eigenvalue weighted by atomic mass is 10.1. The zero-order valence-electron chi connectivity index (χ0n) is 11.6. The molecule has 0 radical (unpaired) electrons. The van der Waals surface area contributed by atoms with Crippen molar-refractivity contribution >= 4 is 15.7 Å². The second-order valence-corrected chi connectivity index (χ2v) is 6.92. The van der Waals surface area contributed by atoms with Crippen LogP contribution in [-0.2, 0) is 10.0 Å². The Bertz CT molecular complexity index is 511. The molecule has 1 fully saturated rings. The third-order valence-electron chi connectivity index (χ3n) is 3.70. The van der Waals surface area contributed by atoms with Crippen LogP contribution in [0.3, 0.4) is 0 Å². The molecule has 1 aliphatic rings. The van der Waals surface area contributed by atoms with Crippen LogP contribution in [0.25, 0.3) is 0 Å². The maximum absolute atomic E-state index is 12.5. The first-order chi connectivity index (χ1) is 9.07. The van der Waals surface area contributed by atoms with Crippen molar-refractivity contribution in [1.29, 1.82) is 0 Å². The maximum atomic E-state index is 12.5. The molecule has 0 aliphatic carbocycles. The molecular formula is C14H22N2O2S. The normalized spacial score (nSPS) is 20.6. The molecule has 1 unspecified atom stereocenters. The van der Waals surface area contributed by atoms with Crippen molar-refractivity contribution in [3.8, 4) is 0 Å². The van der Waals surface area contributed by atoms with E-state index in [1.165, 1.54) is 0 Å². The first-order valence-electron chi connectivity index (χ1n) is 6.92. The number of sulfonamides is 1. The van der Waals surface area contributed by atoms with Gasteiger partial charge < -0.3 is 5.32 Å². The van der Waals surface area contributed by atoms with E-state index in [1.807, 2.05) is 19.1 Å². The average Bonchev–Trinajstić information content (AvgIpc) is 2.89. The van der Waals surface area contributed by atoms with Crippen molar-refractivity contribution < 1.29 is 8.42 Å². The average molecular weight is 282 g/mol. The van der Waals surface area contributed by atoms with Gasteiger partial charge in [0.25, 0.3) is 0 Å². The Labute approximate surface area is 115 Å². The number of benzene rings is 1. The van der Waals surface area contributed by atoms with Gasteiger partial charge in [-0.3, -0.25) is 0 Å². The molecule has 2 rings (SSSR count). The number of hydrogen-bond donors (Lipinski definition) is 1. The quantitative estimate of drug-likeness (QED) is 0.903. The van der Waals surface area contributed by atoms with E-state index in [4.69, 9.17) is 0 Å². The van der Waals surface area contributed by atoms with Crippen molar-refractivity contribution in [3.05, 3.63) is 24.3 Å². The first kappa shape index (κ1) is 14.3. The summed E-state index contributed by atoms with van der Waals surface area (Å²) in [6.45, 7) is 6.27. The van der Waals surface area contributed by atoms with Gasteiger partial charge in [0.2, 0.25) is 10.0 Å². The third kappa shape index (κ3) is 3.09. The van der Waals surface area contributed by atoms with E-state index in [0.717, 1.165) is 25.1 Å². The molecule has 1 saturated heterocycles. The van der Waals surface area contributed by atoms with E-state index >= 15 is 0 Å². The molecule has 0 spiro atoms. The largest absolute Gasteiger partial charge is 0.385 e. The second-order valence-electron chi connectivity index (χ2n) is 4.98. The van der Waals surface area contributed by atoms with Gasteiger partial charge in [-0.1, -0.05) is 13.3 Å². The SMILES string of the molecule is CCNc1ccc(S(=O)(=O)N2CCC(CC)C2)cc1.